The Kier molecular flexibility index (Phi) is 7.75. The Morgan fingerprint density at radius 2 is 1.62 bits per heavy atom. The van der Waals surface area contributed by atoms with E-state index in [2.05, 4.69) is 10.2 Å². The van der Waals surface area contributed by atoms with Gasteiger partial charge in [-0.1, -0.05) is 30.3 Å². The second kappa shape index (κ2) is 9.32. The molecule has 2 aromatic rings. The van der Waals surface area contributed by atoms with Crippen LogP contribution in [0.5, 0.6) is 0 Å². The number of benzene rings is 2. The van der Waals surface area contributed by atoms with Crippen LogP contribution >= 0.6 is 24.8 Å². The highest BCUT2D eigenvalue weighted by atomic mass is 35.5. The van der Waals surface area contributed by atoms with Crippen LogP contribution < -0.4 is 5.32 Å². The van der Waals surface area contributed by atoms with Crippen molar-refractivity contribution in [2.24, 2.45) is 0 Å². The summed E-state index contributed by atoms with van der Waals surface area (Å²) in [7, 11) is -7.42. The molecule has 10 heteroatoms. The van der Waals surface area contributed by atoms with Crippen LogP contribution in [-0.2, 0) is 26.2 Å². The monoisotopic (exact) mass is 478 g/mol. The number of hydrogen-bond donors (Lipinski definition) is 1. The van der Waals surface area contributed by atoms with Gasteiger partial charge in [0.05, 0.1) is 15.5 Å². The van der Waals surface area contributed by atoms with Crippen molar-refractivity contribution in [1.29, 1.82) is 0 Å². The third-order valence-electron chi connectivity index (χ3n) is 5.23. The summed E-state index contributed by atoms with van der Waals surface area (Å²) in [6.07, 6.45) is 0. The van der Waals surface area contributed by atoms with E-state index in [4.69, 9.17) is 0 Å². The molecule has 2 aliphatic heterocycles. The summed E-state index contributed by atoms with van der Waals surface area (Å²) in [6.45, 7) is 4.01. The Hall–Kier alpha value is -1.16. The number of fused-ring (bicyclic) bond motifs is 1. The van der Waals surface area contributed by atoms with Gasteiger partial charge in [0.1, 0.15) is 5.25 Å². The molecule has 160 valence electrons. The van der Waals surface area contributed by atoms with Gasteiger partial charge in [-0.05, 0) is 29.3 Å². The first kappa shape index (κ1) is 24.1. The summed E-state index contributed by atoms with van der Waals surface area (Å²) in [5, 5.41) is 2.23. The van der Waals surface area contributed by atoms with Crippen molar-refractivity contribution in [2.45, 2.75) is 21.6 Å². The van der Waals surface area contributed by atoms with Crippen LogP contribution in [0.4, 0.5) is 0 Å². The molecule has 2 aromatic carbocycles. The lowest BCUT2D eigenvalue weighted by molar-refractivity contribution is 0.232. The van der Waals surface area contributed by atoms with Gasteiger partial charge in [0.25, 0.3) is 0 Å². The highest BCUT2D eigenvalue weighted by Crippen LogP contribution is 2.43. The van der Waals surface area contributed by atoms with Gasteiger partial charge in [0.2, 0.25) is 0 Å². The summed E-state index contributed by atoms with van der Waals surface area (Å²) < 4.78 is 51.9. The van der Waals surface area contributed by atoms with Gasteiger partial charge in [0.15, 0.2) is 19.7 Å². The largest absolute Gasteiger partial charge is 0.314 e. The minimum atomic E-state index is -3.80. The number of piperazine rings is 1. The minimum absolute atomic E-state index is 0. The van der Waals surface area contributed by atoms with Crippen molar-refractivity contribution in [1.82, 2.24) is 10.2 Å². The van der Waals surface area contributed by atoms with E-state index in [1.54, 1.807) is 24.3 Å². The van der Waals surface area contributed by atoms with Gasteiger partial charge in [0, 0.05) is 32.7 Å². The van der Waals surface area contributed by atoms with Gasteiger partial charge < -0.3 is 5.32 Å². The maximum atomic E-state index is 13.2. The molecule has 0 aliphatic carbocycles. The summed E-state index contributed by atoms with van der Waals surface area (Å²) in [5.41, 5.74) is 1.25. The predicted octanol–water partition coefficient (Wildman–Crippen LogP) is 2.24. The zero-order chi connectivity index (χ0) is 19.1. The Bertz CT molecular complexity index is 1050. The maximum Gasteiger partial charge on any atom is 0.186 e. The zero-order valence-electron chi connectivity index (χ0n) is 15.7. The molecular weight excluding hydrogens is 455 g/mol. The summed E-state index contributed by atoms with van der Waals surface area (Å²) in [5.74, 6) is -0.391. The van der Waals surface area contributed by atoms with Crippen molar-refractivity contribution in [3.8, 4) is 0 Å². The van der Waals surface area contributed by atoms with Crippen LogP contribution in [0.25, 0.3) is 0 Å². The van der Waals surface area contributed by atoms with E-state index in [0.29, 0.717) is 12.1 Å². The van der Waals surface area contributed by atoms with Gasteiger partial charge in [-0.25, -0.2) is 16.8 Å². The Labute approximate surface area is 184 Å². The summed E-state index contributed by atoms with van der Waals surface area (Å²) in [4.78, 5) is 2.55. The van der Waals surface area contributed by atoms with Crippen LogP contribution in [0.15, 0.2) is 58.3 Å². The molecule has 1 atom stereocenters. The number of nitrogens with one attached hydrogen (secondary N) is 1. The van der Waals surface area contributed by atoms with Crippen LogP contribution in [0.1, 0.15) is 16.4 Å². The molecule has 29 heavy (non-hydrogen) atoms. The smallest absolute Gasteiger partial charge is 0.186 e. The Morgan fingerprint density at radius 3 is 2.28 bits per heavy atom. The molecule has 0 spiro atoms. The molecule has 0 bridgehead atoms. The molecule has 0 saturated carbocycles. The average Bonchev–Trinajstić information content (AvgIpc) is 2.96. The predicted molar refractivity (Wildman–Crippen MR) is 118 cm³/mol. The second-order valence-corrected chi connectivity index (χ2v) is 11.1. The molecule has 4 rings (SSSR count). The molecule has 2 aliphatic rings. The maximum absolute atomic E-state index is 13.2. The number of halogens is 2. The number of nitrogens with zero attached hydrogens (tertiary/aromatic N) is 1. The van der Waals surface area contributed by atoms with E-state index in [0.717, 1.165) is 31.7 Å². The summed E-state index contributed by atoms with van der Waals surface area (Å²) in [6, 6.07) is 13.2. The van der Waals surface area contributed by atoms with Crippen LogP contribution in [0, 0.1) is 0 Å². The average molecular weight is 479 g/mol. The van der Waals surface area contributed by atoms with Crippen molar-refractivity contribution in [3.63, 3.8) is 0 Å². The van der Waals surface area contributed by atoms with Gasteiger partial charge in [-0.15, -0.1) is 24.8 Å². The molecule has 6 nitrogen and oxygen atoms in total. The van der Waals surface area contributed by atoms with E-state index in [1.807, 2.05) is 6.07 Å². The lowest BCUT2D eigenvalue weighted by Gasteiger charge is -2.28. The molecule has 0 radical (unpaired) electrons. The molecule has 2 heterocycles. The molecule has 1 N–H and O–H groups in total. The molecule has 1 saturated heterocycles. The quantitative estimate of drug-likeness (QED) is 0.725. The highest BCUT2D eigenvalue weighted by Gasteiger charge is 2.44. The standard InChI is InChI=1S/C19H22N2O4S2.2ClH/c22-26(23)14-18(27(24,25)16-6-2-1-3-7-16)19-15(5-4-8-17(19)26)13-21-11-9-20-10-12-21;;/h1-8,18,20H,9-14H2;2*1H. The van der Waals surface area contributed by atoms with E-state index in [1.165, 1.54) is 18.2 Å². The first-order valence-corrected chi connectivity index (χ1v) is 12.2. The van der Waals surface area contributed by atoms with E-state index in [-0.39, 0.29) is 34.6 Å². The molecular formula is C19H24Cl2N2O4S2. The van der Waals surface area contributed by atoms with Crippen molar-refractivity contribution >= 4 is 44.5 Å². The Balaban J connectivity index is 0.00000150. The van der Waals surface area contributed by atoms with E-state index in [9.17, 15) is 16.8 Å². The van der Waals surface area contributed by atoms with Gasteiger partial charge >= 0.3 is 0 Å². The summed E-state index contributed by atoms with van der Waals surface area (Å²) >= 11 is 0. The van der Waals surface area contributed by atoms with E-state index < -0.39 is 30.7 Å². The number of rotatable bonds is 4. The minimum Gasteiger partial charge on any atom is -0.314 e. The molecule has 0 aromatic heterocycles. The fraction of sp³-hybridized carbons (Fsp3) is 0.368. The fourth-order valence-electron chi connectivity index (χ4n) is 3.87. The number of hydrogen-bond acceptors (Lipinski definition) is 6. The lowest BCUT2D eigenvalue weighted by atomic mass is 10.0. The second-order valence-electron chi connectivity index (χ2n) is 6.98. The molecule has 1 unspecified atom stereocenters. The van der Waals surface area contributed by atoms with Gasteiger partial charge in [-0.2, -0.15) is 0 Å². The number of sulfone groups is 2. The highest BCUT2D eigenvalue weighted by molar-refractivity contribution is 7.96. The zero-order valence-corrected chi connectivity index (χ0v) is 18.9. The topological polar surface area (TPSA) is 83.5 Å². The van der Waals surface area contributed by atoms with Crippen LogP contribution in [-0.4, -0.2) is 53.7 Å². The Morgan fingerprint density at radius 1 is 0.966 bits per heavy atom. The van der Waals surface area contributed by atoms with Gasteiger partial charge in [-0.3, -0.25) is 4.90 Å². The van der Waals surface area contributed by atoms with Crippen LogP contribution in [0.3, 0.4) is 0 Å². The third kappa shape index (κ3) is 4.62. The lowest BCUT2D eigenvalue weighted by Crippen LogP contribution is -2.43. The van der Waals surface area contributed by atoms with Crippen molar-refractivity contribution in [3.05, 3.63) is 59.7 Å². The SMILES string of the molecule is Cl.Cl.O=S1(=O)CC(S(=O)(=O)c2ccccc2)c2c(CN3CCNCC3)cccc21. The first-order chi connectivity index (χ1) is 12.9. The third-order valence-corrected chi connectivity index (χ3v) is 9.32. The normalized spacial score (nSPS) is 20.9. The van der Waals surface area contributed by atoms with Crippen molar-refractivity contribution < 1.29 is 16.8 Å². The fourth-order valence-corrected chi connectivity index (χ4v) is 8.29. The van der Waals surface area contributed by atoms with E-state index >= 15 is 0 Å². The van der Waals surface area contributed by atoms with Crippen molar-refractivity contribution in [2.75, 3.05) is 31.9 Å². The molecule has 1 fully saturated rings. The molecule has 0 amide bonds. The first-order valence-electron chi connectivity index (χ1n) is 8.96. The van der Waals surface area contributed by atoms with Crippen LogP contribution in [0.2, 0.25) is 0 Å².